The number of hydrogen-bond acceptors (Lipinski definition) is 4. The van der Waals surface area contributed by atoms with Crippen LogP contribution in [0.2, 0.25) is 0 Å². The number of phenols is 1. The highest BCUT2D eigenvalue weighted by Crippen LogP contribution is 2.23. The first-order valence-corrected chi connectivity index (χ1v) is 6.14. The van der Waals surface area contributed by atoms with Gasteiger partial charge in [0.2, 0.25) is 5.91 Å². The van der Waals surface area contributed by atoms with Crippen molar-refractivity contribution in [3.05, 3.63) is 66.7 Å². The van der Waals surface area contributed by atoms with Crippen LogP contribution in [0.4, 0.5) is 5.69 Å². The molecule has 0 bridgehead atoms. The summed E-state index contributed by atoms with van der Waals surface area (Å²) in [6.07, 6.45) is 1.11. The number of rotatable bonds is 4. The lowest BCUT2D eigenvalue weighted by Crippen LogP contribution is -2.10. The Morgan fingerprint density at radius 1 is 1.14 bits per heavy atom. The summed E-state index contributed by atoms with van der Waals surface area (Å²) in [5.74, 6) is -0.988. The van der Waals surface area contributed by atoms with Gasteiger partial charge in [0.15, 0.2) is 0 Å². The molecule has 21 heavy (non-hydrogen) atoms. The van der Waals surface area contributed by atoms with E-state index in [0.717, 1.165) is 6.08 Å². The highest BCUT2D eigenvalue weighted by molar-refractivity contribution is 6.00. The van der Waals surface area contributed by atoms with Gasteiger partial charge in [-0.05, 0) is 30.3 Å². The number of carbonyl (C=O) groups is 2. The summed E-state index contributed by atoms with van der Waals surface area (Å²) in [5.41, 5.74) is 0.365. The zero-order chi connectivity index (χ0) is 15.2. The SMILES string of the molecule is C=CC(=O)Nc1ccc(C(=O)Oc2ccccc2)c(O)c1. The van der Waals surface area contributed by atoms with Crippen LogP contribution in [0.25, 0.3) is 0 Å². The van der Waals surface area contributed by atoms with Crippen molar-refractivity contribution in [2.45, 2.75) is 0 Å². The highest BCUT2D eigenvalue weighted by atomic mass is 16.5. The van der Waals surface area contributed by atoms with Gasteiger partial charge in [0.1, 0.15) is 17.1 Å². The lowest BCUT2D eigenvalue weighted by Gasteiger charge is -2.08. The molecule has 2 N–H and O–H groups in total. The maximum absolute atomic E-state index is 11.9. The van der Waals surface area contributed by atoms with Crippen molar-refractivity contribution < 1.29 is 19.4 Å². The van der Waals surface area contributed by atoms with E-state index in [1.807, 2.05) is 0 Å². The highest BCUT2D eigenvalue weighted by Gasteiger charge is 2.14. The van der Waals surface area contributed by atoms with Crippen molar-refractivity contribution in [2.24, 2.45) is 0 Å². The van der Waals surface area contributed by atoms with Crippen molar-refractivity contribution in [3.8, 4) is 11.5 Å². The number of para-hydroxylation sites is 1. The van der Waals surface area contributed by atoms with Crippen molar-refractivity contribution in [3.63, 3.8) is 0 Å². The van der Waals surface area contributed by atoms with Gasteiger partial charge in [-0.15, -0.1) is 0 Å². The molecule has 2 aromatic carbocycles. The molecule has 0 saturated carbocycles. The minimum Gasteiger partial charge on any atom is -0.507 e. The van der Waals surface area contributed by atoms with E-state index in [4.69, 9.17) is 4.74 Å². The minimum absolute atomic E-state index is 0.00968. The summed E-state index contributed by atoms with van der Waals surface area (Å²) in [7, 11) is 0. The van der Waals surface area contributed by atoms with Crippen LogP contribution in [0.5, 0.6) is 11.5 Å². The summed E-state index contributed by atoms with van der Waals surface area (Å²) >= 11 is 0. The Balaban J connectivity index is 2.15. The van der Waals surface area contributed by atoms with Crippen LogP contribution < -0.4 is 10.1 Å². The minimum atomic E-state index is -0.680. The number of carbonyl (C=O) groups excluding carboxylic acids is 2. The number of nitrogens with one attached hydrogen (secondary N) is 1. The lowest BCUT2D eigenvalue weighted by molar-refractivity contribution is -0.111. The van der Waals surface area contributed by atoms with Crippen LogP contribution in [-0.2, 0) is 4.79 Å². The van der Waals surface area contributed by atoms with E-state index in [-0.39, 0.29) is 11.3 Å². The molecule has 0 atom stereocenters. The number of ether oxygens (including phenoxy) is 1. The van der Waals surface area contributed by atoms with Crippen LogP contribution in [-0.4, -0.2) is 17.0 Å². The molecule has 0 aliphatic heterocycles. The molecule has 2 aromatic rings. The molecule has 2 rings (SSSR count). The molecular weight excluding hydrogens is 270 g/mol. The molecule has 5 heteroatoms. The Bertz CT molecular complexity index is 680. The maximum atomic E-state index is 11.9. The van der Waals surface area contributed by atoms with Gasteiger partial charge in [0, 0.05) is 11.8 Å². The third kappa shape index (κ3) is 3.70. The number of benzene rings is 2. The molecule has 0 aliphatic carbocycles. The van der Waals surface area contributed by atoms with Gasteiger partial charge in [-0.3, -0.25) is 4.79 Å². The van der Waals surface area contributed by atoms with Crippen molar-refractivity contribution in [2.75, 3.05) is 5.32 Å². The van der Waals surface area contributed by atoms with Crippen LogP contribution in [0.3, 0.4) is 0 Å². The Morgan fingerprint density at radius 3 is 2.48 bits per heavy atom. The Morgan fingerprint density at radius 2 is 1.86 bits per heavy atom. The van der Waals surface area contributed by atoms with Crippen LogP contribution in [0.1, 0.15) is 10.4 Å². The van der Waals surface area contributed by atoms with E-state index in [1.165, 1.54) is 18.2 Å². The van der Waals surface area contributed by atoms with Gasteiger partial charge in [-0.1, -0.05) is 24.8 Å². The normalized spacial score (nSPS) is 9.71. The third-order valence-electron chi connectivity index (χ3n) is 2.62. The van der Waals surface area contributed by atoms with Gasteiger partial charge in [0.25, 0.3) is 0 Å². The molecule has 106 valence electrons. The first kappa shape index (κ1) is 14.3. The molecule has 0 aromatic heterocycles. The van der Waals surface area contributed by atoms with Gasteiger partial charge in [0.05, 0.1) is 0 Å². The van der Waals surface area contributed by atoms with E-state index in [2.05, 4.69) is 11.9 Å². The first-order chi connectivity index (χ1) is 10.1. The molecule has 0 unspecified atom stereocenters. The largest absolute Gasteiger partial charge is 0.507 e. The topological polar surface area (TPSA) is 75.6 Å². The summed E-state index contributed by atoms with van der Waals surface area (Å²) in [4.78, 5) is 23.1. The number of phenolic OH excluding ortho intramolecular Hbond substituents is 1. The van der Waals surface area contributed by atoms with Crippen LogP contribution in [0, 0.1) is 0 Å². The molecule has 0 spiro atoms. The van der Waals surface area contributed by atoms with E-state index in [9.17, 15) is 14.7 Å². The first-order valence-electron chi connectivity index (χ1n) is 6.14. The molecule has 0 radical (unpaired) electrons. The average Bonchev–Trinajstić information content (AvgIpc) is 2.48. The predicted octanol–water partition coefficient (Wildman–Crippen LogP) is 2.74. The maximum Gasteiger partial charge on any atom is 0.347 e. The lowest BCUT2D eigenvalue weighted by atomic mass is 10.2. The third-order valence-corrected chi connectivity index (χ3v) is 2.62. The van der Waals surface area contributed by atoms with Crippen molar-refractivity contribution >= 4 is 17.6 Å². The monoisotopic (exact) mass is 283 g/mol. The Labute approximate surface area is 121 Å². The number of anilines is 1. The molecule has 1 amide bonds. The van der Waals surface area contributed by atoms with Crippen molar-refractivity contribution in [1.82, 2.24) is 0 Å². The molecule has 0 fully saturated rings. The number of amides is 1. The second kappa shape index (κ2) is 6.38. The predicted molar refractivity (Wildman–Crippen MR) is 78.3 cm³/mol. The second-order valence-electron chi connectivity index (χ2n) is 4.13. The second-order valence-corrected chi connectivity index (χ2v) is 4.13. The summed E-state index contributed by atoms with van der Waals surface area (Å²) in [5, 5.41) is 12.3. The summed E-state index contributed by atoms with van der Waals surface area (Å²) < 4.78 is 5.12. The standard InChI is InChI=1S/C16H13NO4/c1-2-15(19)17-11-8-9-13(14(18)10-11)16(20)21-12-6-4-3-5-7-12/h2-10,18H,1H2,(H,17,19). The van der Waals surface area contributed by atoms with Gasteiger partial charge in [-0.2, -0.15) is 0 Å². The van der Waals surface area contributed by atoms with E-state index < -0.39 is 11.9 Å². The summed E-state index contributed by atoms with van der Waals surface area (Å²) in [6, 6.07) is 12.7. The van der Waals surface area contributed by atoms with E-state index in [0.29, 0.717) is 11.4 Å². The Kier molecular flexibility index (Phi) is 4.36. The smallest absolute Gasteiger partial charge is 0.347 e. The van der Waals surface area contributed by atoms with E-state index >= 15 is 0 Å². The number of aromatic hydroxyl groups is 1. The quantitative estimate of drug-likeness (QED) is 0.514. The fourth-order valence-corrected chi connectivity index (χ4v) is 1.63. The van der Waals surface area contributed by atoms with E-state index in [1.54, 1.807) is 30.3 Å². The van der Waals surface area contributed by atoms with Crippen molar-refractivity contribution in [1.29, 1.82) is 0 Å². The molecule has 5 nitrogen and oxygen atoms in total. The molecule has 0 aliphatic rings. The zero-order valence-electron chi connectivity index (χ0n) is 11.1. The van der Waals surface area contributed by atoms with Gasteiger partial charge < -0.3 is 15.2 Å². The fourth-order valence-electron chi connectivity index (χ4n) is 1.63. The Hall–Kier alpha value is -3.08. The zero-order valence-corrected chi connectivity index (χ0v) is 11.1. The molecular formula is C16H13NO4. The average molecular weight is 283 g/mol. The number of esters is 1. The van der Waals surface area contributed by atoms with Crippen LogP contribution >= 0.6 is 0 Å². The number of hydrogen-bond donors (Lipinski definition) is 2. The van der Waals surface area contributed by atoms with Gasteiger partial charge >= 0.3 is 5.97 Å². The molecule has 0 heterocycles. The van der Waals surface area contributed by atoms with Crippen LogP contribution in [0.15, 0.2) is 61.2 Å². The summed E-state index contributed by atoms with van der Waals surface area (Å²) in [6.45, 7) is 3.32. The fraction of sp³-hybridized carbons (Fsp3) is 0. The molecule has 0 saturated heterocycles. The van der Waals surface area contributed by atoms with Gasteiger partial charge in [-0.25, -0.2) is 4.79 Å².